The number of rotatable bonds is 7. The lowest BCUT2D eigenvalue weighted by atomic mass is 9.90. The SMILES string of the molecule is C=C(C)C(=O)Nc1ccc(-c2ccc(Cl)cc2)cc1C(CCC)C(=O)O. The average molecular weight is 372 g/mol. The van der Waals surface area contributed by atoms with Crippen molar-refractivity contribution in [2.24, 2.45) is 0 Å². The number of carboxylic acids is 1. The Morgan fingerprint density at radius 3 is 2.31 bits per heavy atom. The van der Waals surface area contributed by atoms with E-state index in [1.54, 1.807) is 25.1 Å². The molecular weight excluding hydrogens is 350 g/mol. The standard InChI is InChI=1S/C21H22ClNO3/c1-4-5-17(21(25)26)18-12-15(14-6-9-16(22)10-7-14)8-11-19(18)23-20(24)13(2)3/h6-12,17H,2,4-5H2,1,3H3,(H,23,24)(H,25,26). The Hall–Kier alpha value is -2.59. The van der Waals surface area contributed by atoms with Crippen LogP contribution in [0.2, 0.25) is 5.02 Å². The molecule has 5 heteroatoms. The number of carbonyl (C=O) groups is 2. The van der Waals surface area contributed by atoms with Gasteiger partial charge in [0.05, 0.1) is 5.92 Å². The molecule has 4 nitrogen and oxygen atoms in total. The van der Waals surface area contributed by atoms with Crippen molar-refractivity contribution >= 4 is 29.2 Å². The lowest BCUT2D eigenvalue weighted by Crippen LogP contribution is -2.18. The van der Waals surface area contributed by atoms with Crippen molar-refractivity contribution in [3.63, 3.8) is 0 Å². The Bertz CT molecular complexity index is 828. The van der Waals surface area contributed by atoms with Crippen LogP contribution in [0, 0.1) is 0 Å². The van der Waals surface area contributed by atoms with Crippen LogP contribution in [0.15, 0.2) is 54.6 Å². The molecule has 0 radical (unpaired) electrons. The van der Waals surface area contributed by atoms with Crippen LogP contribution in [-0.2, 0) is 9.59 Å². The Morgan fingerprint density at radius 1 is 1.15 bits per heavy atom. The molecule has 1 amide bonds. The van der Waals surface area contributed by atoms with Gasteiger partial charge < -0.3 is 10.4 Å². The molecule has 0 saturated carbocycles. The van der Waals surface area contributed by atoms with Crippen LogP contribution in [0.3, 0.4) is 0 Å². The summed E-state index contributed by atoms with van der Waals surface area (Å²) in [4.78, 5) is 23.8. The van der Waals surface area contributed by atoms with Crippen molar-refractivity contribution in [2.75, 3.05) is 5.32 Å². The molecule has 0 heterocycles. The number of nitrogens with one attached hydrogen (secondary N) is 1. The number of aliphatic carboxylic acids is 1. The molecular formula is C21H22ClNO3. The molecule has 0 aromatic heterocycles. The van der Waals surface area contributed by atoms with E-state index in [0.717, 1.165) is 17.5 Å². The summed E-state index contributed by atoms with van der Waals surface area (Å²) in [5.41, 5.74) is 3.24. The second kappa shape index (κ2) is 8.68. The van der Waals surface area contributed by atoms with Crippen molar-refractivity contribution in [1.82, 2.24) is 0 Å². The summed E-state index contributed by atoms with van der Waals surface area (Å²) in [6.45, 7) is 7.17. The lowest BCUT2D eigenvalue weighted by molar-refractivity contribution is -0.139. The summed E-state index contributed by atoms with van der Waals surface area (Å²) in [6.07, 6.45) is 1.20. The summed E-state index contributed by atoms with van der Waals surface area (Å²) in [7, 11) is 0. The molecule has 0 fully saturated rings. The topological polar surface area (TPSA) is 66.4 Å². The normalized spacial score (nSPS) is 11.7. The summed E-state index contributed by atoms with van der Waals surface area (Å²) in [5, 5.41) is 13.1. The maximum atomic E-state index is 12.0. The minimum atomic E-state index is -0.911. The predicted molar refractivity (Wildman–Crippen MR) is 106 cm³/mol. The van der Waals surface area contributed by atoms with Gasteiger partial charge in [0, 0.05) is 16.3 Å². The molecule has 1 unspecified atom stereocenters. The van der Waals surface area contributed by atoms with E-state index < -0.39 is 11.9 Å². The van der Waals surface area contributed by atoms with Crippen molar-refractivity contribution in [3.8, 4) is 11.1 Å². The number of hydrogen-bond acceptors (Lipinski definition) is 2. The highest BCUT2D eigenvalue weighted by Crippen LogP contribution is 2.33. The molecule has 0 aliphatic heterocycles. The number of halogens is 1. The molecule has 0 spiro atoms. The Morgan fingerprint density at radius 2 is 1.77 bits per heavy atom. The van der Waals surface area contributed by atoms with Crippen LogP contribution in [-0.4, -0.2) is 17.0 Å². The van der Waals surface area contributed by atoms with Gasteiger partial charge in [0.2, 0.25) is 0 Å². The maximum Gasteiger partial charge on any atom is 0.311 e. The number of hydrogen-bond donors (Lipinski definition) is 2. The average Bonchev–Trinajstić information content (AvgIpc) is 2.60. The third-order valence-corrected chi connectivity index (χ3v) is 4.37. The van der Waals surface area contributed by atoms with Gasteiger partial charge in [-0.25, -0.2) is 0 Å². The van der Waals surface area contributed by atoms with Gasteiger partial charge in [-0.1, -0.05) is 49.7 Å². The summed E-state index contributed by atoms with van der Waals surface area (Å²) in [5.74, 6) is -1.94. The van der Waals surface area contributed by atoms with Crippen molar-refractivity contribution in [1.29, 1.82) is 0 Å². The van der Waals surface area contributed by atoms with E-state index in [1.807, 2.05) is 31.2 Å². The van der Waals surface area contributed by atoms with E-state index in [0.29, 0.717) is 28.3 Å². The van der Waals surface area contributed by atoms with Gasteiger partial charge in [-0.05, 0) is 54.3 Å². The fraction of sp³-hybridized carbons (Fsp3) is 0.238. The van der Waals surface area contributed by atoms with E-state index in [-0.39, 0.29) is 5.91 Å². The van der Waals surface area contributed by atoms with Crippen LogP contribution in [0.25, 0.3) is 11.1 Å². The van der Waals surface area contributed by atoms with Gasteiger partial charge in [0.1, 0.15) is 0 Å². The van der Waals surface area contributed by atoms with Crippen LogP contribution in [0.5, 0.6) is 0 Å². The Labute approximate surface area is 158 Å². The minimum Gasteiger partial charge on any atom is -0.481 e. The predicted octanol–water partition coefficient (Wildman–Crippen LogP) is 5.49. The second-order valence-electron chi connectivity index (χ2n) is 6.22. The van der Waals surface area contributed by atoms with Gasteiger partial charge in [0.25, 0.3) is 5.91 Å². The molecule has 0 bridgehead atoms. The summed E-state index contributed by atoms with van der Waals surface area (Å²) < 4.78 is 0. The highest BCUT2D eigenvalue weighted by Gasteiger charge is 2.23. The molecule has 0 aliphatic carbocycles. The fourth-order valence-corrected chi connectivity index (χ4v) is 2.84. The van der Waals surface area contributed by atoms with Crippen LogP contribution in [0.4, 0.5) is 5.69 Å². The smallest absolute Gasteiger partial charge is 0.311 e. The zero-order chi connectivity index (χ0) is 19.3. The molecule has 26 heavy (non-hydrogen) atoms. The van der Waals surface area contributed by atoms with E-state index in [1.165, 1.54) is 0 Å². The first-order valence-electron chi connectivity index (χ1n) is 8.43. The van der Waals surface area contributed by atoms with Crippen molar-refractivity contribution < 1.29 is 14.7 Å². The number of anilines is 1. The Balaban J connectivity index is 2.54. The number of amides is 1. The molecule has 2 rings (SSSR count). The largest absolute Gasteiger partial charge is 0.481 e. The Kier molecular flexibility index (Phi) is 6.58. The van der Waals surface area contributed by atoms with Crippen LogP contribution < -0.4 is 5.32 Å². The third-order valence-electron chi connectivity index (χ3n) is 4.12. The number of carbonyl (C=O) groups excluding carboxylic acids is 1. The maximum absolute atomic E-state index is 12.0. The molecule has 2 aromatic carbocycles. The van der Waals surface area contributed by atoms with Crippen LogP contribution in [0.1, 0.15) is 38.2 Å². The summed E-state index contributed by atoms with van der Waals surface area (Å²) >= 11 is 5.94. The molecule has 1 atom stereocenters. The molecule has 136 valence electrons. The van der Waals surface area contributed by atoms with Gasteiger partial charge in [-0.3, -0.25) is 9.59 Å². The first-order valence-corrected chi connectivity index (χ1v) is 8.80. The number of carboxylic acid groups (broad SMARTS) is 1. The molecule has 0 saturated heterocycles. The quantitative estimate of drug-likeness (QED) is 0.632. The highest BCUT2D eigenvalue weighted by molar-refractivity contribution is 6.30. The highest BCUT2D eigenvalue weighted by atomic mass is 35.5. The van der Waals surface area contributed by atoms with E-state index in [4.69, 9.17) is 11.6 Å². The molecule has 2 N–H and O–H groups in total. The molecule has 0 aliphatic rings. The number of benzene rings is 2. The van der Waals surface area contributed by atoms with Gasteiger partial charge >= 0.3 is 5.97 Å². The minimum absolute atomic E-state index is 0.328. The second-order valence-corrected chi connectivity index (χ2v) is 6.66. The van der Waals surface area contributed by atoms with Gasteiger partial charge in [-0.15, -0.1) is 0 Å². The van der Waals surface area contributed by atoms with Crippen molar-refractivity contribution in [3.05, 3.63) is 65.2 Å². The fourth-order valence-electron chi connectivity index (χ4n) is 2.72. The zero-order valence-corrected chi connectivity index (χ0v) is 15.6. The van der Waals surface area contributed by atoms with E-state index in [2.05, 4.69) is 11.9 Å². The summed E-state index contributed by atoms with van der Waals surface area (Å²) in [6, 6.07) is 12.7. The van der Waals surface area contributed by atoms with E-state index >= 15 is 0 Å². The van der Waals surface area contributed by atoms with E-state index in [9.17, 15) is 14.7 Å². The first kappa shape index (κ1) is 19.7. The monoisotopic (exact) mass is 371 g/mol. The van der Waals surface area contributed by atoms with Crippen molar-refractivity contribution in [2.45, 2.75) is 32.6 Å². The zero-order valence-electron chi connectivity index (χ0n) is 14.9. The molecule has 2 aromatic rings. The van der Waals surface area contributed by atoms with Crippen LogP contribution >= 0.6 is 11.6 Å². The first-order chi connectivity index (χ1) is 12.3. The third kappa shape index (κ3) is 4.73. The van der Waals surface area contributed by atoms with Gasteiger partial charge in [-0.2, -0.15) is 0 Å². The lowest BCUT2D eigenvalue weighted by Gasteiger charge is -2.19. The van der Waals surface area contributed by atoms with Gasteiger partial charge in [0.15, 0.2) is 0 Å².